The Morgan fingerprint density at radius 3 is 2.52 bits per heavy atom. The fourth-order valence-corrected chi connectivity index (χ4v) is 3.45. The maximum atomic E-state index is 12.8. The Morgan fingerprint density at radius 1 is 1.07 bits per heavy atom. The van der Waals surface area contributed by atoms with E-state index in [9.17, 15) is 4.79 Å². The van der Waals surface area contributed by atoms with Crippen molar-refractivity contribution >= 4 is 5.65 Å². The van der Waals surface area contributed by atoms with E-state index >= 15 is 0 Å². The highest BCUT2D eigenvalue weighted by Gasteiger charge is 2.18. The Bertz CT molecular complexity index is 1240. The number of ether oxygens (including phenoxy) is 2. The molecule has 0 spiro atoms. The molecule has 3 heterocycles. The summed E-state index contributed by atoms with van der Waals surface area (Å²) in [6.07, 6.45) is 4.34. The number of nitrogens with one attached hydrogen (secondary N) is 1. The van der Waals surface area contributed by atoms with Gasteiger partial charge < -0.3 is 9.47 Å². The molecule has 0 aliphatic rings. The molecule has 0 aliphatic heterocycles. The summed E-state index contributed by atoms with van der Waals surface area (Å²) < 4.78 is 14.1. The van der Waals surface area contributed by atoms with Crippen LogP contribution in [0.1, 0.15) is 19.5 Å². The molecule has 4 aromatic rings. The topological polar surface area (TPSA) is 86.4 Å². The number of H-pyrrole nitrogens is 1. The van der Waals surface area contributed by atoms with Crippen molar-refractivity contribution in [1.29, 1.82) is 0 Å². The van der Waals surface area contributed by atoms with Crippen LogP contribution < -0.4 is 15.0 Å². The van der Waals surface area contributed by atoms with E-state index in [2.05, 4.69) is 10.2 Å². The van der Waals surface area contributed by atoms with Crippen molar-refractivity contribution in [1.82, 2.24) is 24.4 Å². The first-order valence-corrected chi connectivity index (χ1v) is 9.49. The lowest BCUT2D eigenvalue weighted by molar-refractivity contribution is 0.355. The minimum Gasteiger partial charge on any atom is -0.493 e. The van der Waals surface area contributed by atoms with Gasteiger partial charge in [-0.2, -0.15) is 5.10 Å². The normalized spacial score (nSPS) is 11.2. The van der Waals surface area contributed by atoms with Gasteiger partial charge in [0.05, 0.1) is 26.1 Å². The van der Waals surface area contributed by atoms with Crippen molar-refractivity contribution in [2.45, 2.75) is 26.8 Å². The first-order valence-electron chi connectivity index (χ1n) is 9.49. The maximum absolute atomic E-state index is 12.8. The lowest BCUT2D eigenvalue weighted by Gasteiger charge is -2.10. The molecular formula is C21H23N5O3. The first-order chi connectivity index (χ1) is 14.1. The SMILES string of the molecule is CCc1[nH]n2c(=O)cc(-c3cnn(CC)c3)nc2c1-c1ccc(OC)c(OC)c1. The summed E-state index contributed by atoms with van der Waals surface area (Å²) in [5.74, 6) is 1.26. The molecule has 1 aromatic carbocycles. The second kappa shape index (κ2) is 7.46. The highest BCUT2D eigenvalue weighted by atomic mass is 16.5. The molecule has 8 nitrogen and oxygen atoms in total. The molecule has 29 heavy (non-hydrogen) atoms. The van der Waals surface area contributed by atoms with Crippen LogP contribution in [0, 0.1) is 0 Å². The van der Waals surface area contributed by atoms with Gasteiger partial charge in [-0.25, -0.2) is 9.50 Å². The largest absolute Gasteiger partial charge is 0.493 e. The fourth-order valence-electron chi connectivity index (χ4n) is 3.45. The molecule has 0 radical (unpaired) electrons. The Balaban J connectivity index is 1.96. The first kappa shape index (κ1) is 18.8. The molecular weight excluding hydrogens is 370 g/mol. The lowest BCUT2D eigenvalue weighted by atomic mass is 10.0. The van der Waals surface area contributed by atoms with Gasteiger partial charge in [0, 0.05) is 35.6 Å². The third kappa shape index (κ3) is 3.16. The number of aromatic amines is 1. The number of nitrogens with zero attached hydrogens (tertiary/aromatic N) is 4. The minimum atomic E-state index is -0.171. The predicted molar refractivity (Wildman–Crippen MR) is 111 cm³/mol. The third-order valence-corrected chi connectivity index (χ3v) is 4.97. The van der Waals surface area contributed by atoms with E-state index in [0.717, 1.165) is 35.3 Å². The van der Waals surface area contributed by atoms with Crippen molar-refractivity contribution < 1.29 is 9.47 Å². The van der Waals surface area contributed by atoms with E-state index in [4.69, 9.17) is 14.5 Å². The fraction of sp³-hybridized carbons (Fsp3) is 0.286. The molecule has 0 fully saturated rings. The number of hydrogen-bond acceptors (Lipinski definition) is 5. The Labute approximate surface area is 167 Å². The van der Waals surface area contributed by atoms with Crippen molar-refractivity contribution in [3.8, 4) is 33.9 Å². The van der Waals surface area contributed by atoms with Crippen LogP contribution >= 0.6 is 0 Å². The maximum Gasteiger partial charge on any atom is 0.273 e. The van der Waals surface area contributed by atoms with Crippen LogP contribution in [-0.4, -0.2) is 38.6 Å². The minimum absolute atomic E-state index is 0.171. The van der Waals surface area contributed by atoms with Gasteiger partial charge in [0.15, 0.2) is 17.1 Å². The summed E-state index contributed by atoms with van der Waals surface area (Å²) in [5, 5.41) is 7.48. The summed E-state index contributed by atoms with van der Waals surface area (Å²) in [6.45, 7) is 4.80. The molecule has 0 amide bonds. The zero-order chi connectivity index (χ0) is 20.5. The summed E-state index contributed by atoms with van der Waals surface area (Å²) >= 11 is 0. The van der Waals surface area contributed by atoms with Crippen LogP contribution in [0.2, 0.25) is 0 Å². The molecule has 0 saturated heterocycles. The smallest absolute Gasteiger partial charge is 0.273 e. The molecule has 1 N–H and O–H groups in total. The van der Waals surface area contributed by atoms with Gasteiger partial charge in [-0.1, -0.05) is 13.0 Å². The van der Waals surface area contributed by atoms with Gasteiger partial charge in [0.1, 0.15) is 0 Å². The summed E-state index contributed by atoms with van der Waals surface area (Å²) in [7, 11) is 3.20. The number of benzene rings is 1. The zero-order valence-electron chi connectivity index (χ0n) is 16.9. The summed E-state index contributed by atoms with van der Waals surface area (Å²) in [6, 6.07) is 7.22. The van der Waals surface area contributed by atoms with Gasteiger partial charge >= 0.3 is 0 Å². The number of methoxy groups -OCH3 is 2. The molecule has 0 saturated carbocycles. The van der Waals surface area contributed by atoms with Gasteiger partial charge in [-0.3, -0.25) is 14.6 Å². The van der Waals surface area contributed by atoms with Crippen molar-refractivity contribution in [3.63, 3.8) is 0 Å². The standard InChI is InChI=1S/C21H23N5O3/c1-5-15-20(13-7-8-17(28-3)18(9-13)29-4)21-23-16(10-19(27)26(21)24-15)14-11-22-25(6-2)12-14/h7-12,24H,5-6H2,1-4H3. The molecule has 0 bridgehead atoms. The van der Waals surface area contributed by atoms with Crippen LogP contribution in [0.3, 0.4) is 0 Å². The molecule has 0 unspecified atom stereocenters. The second-order valence-electron chi connectivity index (χ2n) is 6.61. The highest BCUT2D eigenvalue weighted by molar-refractivity contribution is 5.82. The average Bonchev–Trinajstić information content (AvgIpc) is 3.37. The second-order valence-corrected chi connectivity index (χ2v) is 6.61. The molecule has 8 heteroatoms. The third-order valence-electron chi connectivity index (χ3n) is 4.97. The van der Waals surface area contributed by atoms with Crippen molar-refractivity contribution in [2.75, 3.05) is 14.2 Å². The molecule has 150 valence electrons. The summed E-state index contributed by atoms with van der Waals surface area (Å²) in [5.41, 5.74) is 4.49. The summed E-state index contributed by atoms with van der Waals surface area (Å²) in [4.78, 5) is 17.6. The molecule has 3 aromatic heterocycles. The Morgan fingerprint density at radius 2 is 1.86 bits per heavy atom. The number of hydrogen-bond donors (Lipinski definition) is 1. The van der Waals surface area contributed by atoms with Crippen LogP contribution in [0.15, 0.2) is 41.5 Å². The van der Waals surface area contributed by atoms with Gasteiger partial charge in [-0.05, 0) is 31.0 Å². The predicted octanol–water partition coefficient (Wildman–Crippen LogP) is 3.15. The van der Waals surface area contributed by atoms with Crippen LogP contribution in [0.5, 0.6) is 11.5 Å². The Hall–Kier alpha value is -3.55. The monoisotopic (exact) mass is 393 g/mol. The van der Waals surface area contributed by atoms with Gasteiger partial charge in [-0.15, -0.1) is 0 Å². The van der Waals surface area contributed by atoms with E-state index < -0.39 is 0 Å². The van der Waals surface area contributed by atoms with E-state index in [-0.39, 0.29) is 5.56 Å². The molecule has 4 rings (SSSR count). The average molecular weight is 393 g/mol. The van der Waals surface area contributed by atoms with Gasteiger partial charge in [0.2, 0.25) is 0 Å². The van der Waals surface area contributed by atoms with Crippen molar-refractivity contribution in [3.05, 3.63) is 52.7 Å². The number of aromatic nitrogens is 5. The number of aryl methyl sites for hydroxylation is 2. The molecule has 0 atom stereocenters. The van der Waals surface area contributed by atoms with Gasteiger partial charge in [0.25, 0.3) is 5.56 Å². The quantitative estimate of drug-likeness (QED) is 0.544. The van der Waals surface area contributed by atoms with E-state index in [1.165, 1.54) is 10.6 Å². The van der Waals surface area contributed by atoms with E-state index in [0.29, 0.717) is 22.8 Å². The zero-order valence-corrected chi connectivity index (χ0v) is 16.9. The van der Waals surface area contributed by atoms with Crippen LogP contribution in [0.4, 0.5) is 0 Å². The van der Waals surface area contributed by atoms with E-state index in [1.807, 2.05) is 42.9 Å². The van der Waals surface area contributed by atoms with Crippen LogP contribution in [0.25, 0.3) is 28.0 Å². The molecule has 0 aliphatic carbocycles. The number of rotatable bonds is 6. The highest BCUT2D eigenvalue weighted by Crippen LogP contribution is 2.35. The number of fused-ring (bicyclic) bond motifs is 1. The lowest BCUT2D eigenvalue weighted by Crippen LogP contribution is -2.14. The van der Waals surface area contributed by atoms with Crippen molar-refractivity contribution in [2.24, 2.45) is 0 Å². The Kier molecular flexibility index (Phi) is 4.84. The van der Waals surface area contributed by atoms with E-state index in [1.54, 1.807) is 20.4 Å². The van der Waals surface area contributed by atoms with Crippen LogP contribution in [-0.2, 0) is 13.0 Å².